The summed E-state index contributed by atoms with van der Waals surface area (Å²) in [5, 5.41) is 9.52. The van der Waals surface area contributed by atoms with E-state index < -0.39 is 33.7 Å². The molecule has 0 fully saturated rings. The molecular weight excluding hydrogens is 328 g/mol. The molecule has 0 saturated heterocycles. The molecule has 0 aliphatic carbocycles. The molecule has 0 radical (unpaired) electrons. The van der Waals surface area contributed by atoms with E-state index in [2.05, 4.69) is 8.92 Å². The summed E-state index contributed by atoms with van der Waals surface area (Å²) in [5.41, 5.74) is -0.636. The Morgan fingerprint density at radius 3 is 2.00 bits per heavy atom. The number of carbonyl (C=O) groups is 2. The van der Waals surface area contributed by atoms with Crippen LogP contribution in [0.25, 0.3) is 0 Å². The van der Waals surface area contributed by atoms with Crippen molar-refractivity contribution in [2.75, 3.05) is 0 Å². The lowest BCUT2D eigenvalue weighted by atomic mass is 10.2. The number of ether oxygens (including phenoxy) is 1. The Morgan fingerprint density at radius 1 is 0.870 bits per heavy atom. The number of hydrogen-bond acceptors (Lipinski definition) is 7. The van der Waals surface area contributed by atoms with Gasteiger partial charge in [-0.1, -0.05) is 24.3 Å². The number of rotatable bonds is 4. The van der Waals surface area contributed by atoms with Gasteiger partial charge in [-0.25, -0.2) is 9.59 Å². The molecule has 0 heterocycles. The topological polar surface area (TPSA) is 127 Å². The van der Waals surface area contributed by atoms with Gasteiger partial charge in [0.25, 0.3) is 0 Å². The summed E-state index contributed by atoms with van der Waals surface area (Å²) in [6.45, 7) is 0. The van der Waals surface area contributed by atoms with E-state index in [-0.39, 0.29) is 11.3 Å². The molecule has 0 aliphatic rings. The van der Waals surface area contributed by atoms with E-state index in [1.807, 2.05) is 0 Å². The third-order valence-corrected chi connectivity index (χ3v) is 3.00. The fourth-order valence-electron chi connectivity index (χ4n) is 1.66. The second-order valence-corrected chi connectivity index (χ2v) is 5.22. The van der Waals surface area contributed by atoms with Crippen molar-refractivity contribution in [1.82, 2.24) is 0 Å². The van der Waals surface area contributed by atoms with Gasteiger partial charge in [0.1, 0.15) is 16.9 Å². The Bertz CT molecular complexity index is 857. The third kappa shape index (κ3) is 4.28. The first kappa shape index (κ1) is 16.5. The molecular formula is C14H10O8S. The van der Waals surface area contributed by atoms with Crippen molar-refractivity contribution in [1.29, 1.82) is 0 Å². The van der Waals surface area contributed by atoms with Crippen molar-refractivity contribution in [3.8, 4) is 11.5 Å². The maximum Gasteiger partial charge on any atom is 0.446 e. The number of aromatic hydroxyl groups is 1. The van der Waals surface area contributed by atoms with E-state index in [4.69, 9.17) is 4.55 Å². The van der Waals surface area contributed by atoms with Crippen molar-refractivity contribution in [3.05, 3.63) is 59.7 Å². The van der Waals surface area contributed by atoms with Gasteiger partial charge in [-0.05, 0) is 24.3 Å². The number of para-hydroxylation sites is 2. The largest absolute Gasteiger partial charge is 0.507 e. The van der Waals surface area contributed by atoms with E-state index in [1.165, 1.54) is 36.4 Å². The van der Waals surface area contributed by atoms with Gasteiger partial charge in [-0.3, -0.25) is 4.55 Å². The molecule has 0 atom stereocenters. The van der Waals surface area contributed by atoms with Crippen LogP contribution in [-0.4, -0.2) is 30.0 Å². The molecule has 120 valence electrons. The highest BCUT2D eigenvalue weighted by Gasteiger charge is 2.22. The Kier molecular flexibility index (Phi) is 4.63. The number of phenols is 1. The molecule has 0 amide bonds. The summed E-state index contributed by atoms with van der Waals surface area (Å²) in [6.07, 6.45) is 0. The van der Waals surface area contributed by atoms with Gasteiger partial charge in [-0.15, -0.1) is 0 Å². The maximum absolute atomic E-state index is 12.0. The van der Waals surface area contributed by atoms with Gasteiger partial charge in [0.15, 0.2) is 5.75 Å². The van der Waals surface area contributed by atoms with Crippen molar-refractivity contribution < 1.29 is 36.6 Å². The van der Waals surface area contributed by atoms with E-state index in [0.717, 1.165) is 12.1 Å². The van der Waals surface area contributed by atoms with E-state index >= 15 is 0 Å². The van der Waals surface area contributed by atoms with Crippen LogP contribution in [0, 0.1) is 0 Å². The molecule has 2 aromatic rings. The summed E-state index contributed by atoms with van der Waals surface area (Å²) in [6, 6.07) is 10.4. The minimum atomic E-state index is -4.85. The number of phenolic OH excluding ortho intramolecular Hbond substituents is 1. The molecule has 0 aromatic heterocycles. The van der Waals surface area contributed by atoms with Crippen LogP contribution in [0.5, 0.6) is 11.5 Å². The highest BCUT2D eigenvalue weighted by atomic mass is 32.3. The summed E-state index contributed by atoms with van der Waals surface area (Å²) >= 11 is 0. The Morgan fingerprint density at radius 2 is 1.39 bits per heavy atom. The van der Waals surface area contributed by atoms with E-state index in [1.54, 1.807) is 0 Å². The van der Waals surface area contributed by atoms with Crippen LogP contribution < -0.4 is 4.18 Å². The Labute approximate surface area is 130 Å². The first-order valence-electron chi connectivity index (χ1n) is 6.08. The summed E-state index contributed by atoms with van der Waals surface area (Å²) in [7, 11) is -4.85. The van der Waals surface area contributed by atoms with Crippen LogP contribution in [-0.2, 0) is 15.1 Å². The molecule has 0 bridgehead atoms. The van der Waals surface area contributed by atoms with Crippen molar-refractivity contribution in [2.24, 2.45) is 0 Å². The lowest BCUT2D eigenvalue weighted by Gasteiger charge is -2.08. The van der Waals surface area contributed by atoms with Gasteiger partial charge in [0.05, 0.1) is 0 Å². The third-order valence-electron chi connectivity index (χ3n) is 2.61. The normalized spacial score (nSPS) is 10.8. The molecule has 23 heavy (non-hydrogen) atoms. The standard InChI is InChI=1S/C14H10O8S/c15-11-7-3-1-5-9(11)13(16)21-14(17)10-6-2-4-8-12(10)22-23(18,19)20/h1-8,15H,(H,18,19,20). The van der Waals surface area contributed by atoms with Crippen molar-refractivity contribution >= 4 is 22.3 Å². The van der Waals surface area contributed by atoms with Crippen molar-refractivity contribution in [3.63, 3.8) is 0 Å². The quantitative estimate of drug-likeness (QED) is 0.488. The van der Waals surface area contributed by atoms with E-state index in [0.29, 0.717) is 0 Å². The van der Waals surface area contributed by atoms with Crippen molar-refractivity contribution in [2.45, 2.75) is 0 Å². The average Bonchev–Trinajstić information content (AvgIpc) is 2.46. The zero-order chi connectivity index (χ0) is 17.0. The molecule has 8 nitrogen and oxygen atoms in total. The van der Waals surface area contributed by atoms with Crippen LogP contribution in [0.2, 0.25) is 0 Å². The van der Waals surface area contributed by atoms with Gasteiger partial charge >= 0.3 is 22.3 Å². The molecule has 9 heteroatoms. The monoisotopic (exact) mass is 338 g/mol. The number of esters is 2. The van der Waals surface area contributed by atoms with Gasteiger partial charge in [0.2, 0.25) is 0 Å². The van der Waals surface area contributed by atoms with Gasteiger partial charge in [0, 0.05) is 0 Å². The average molecular weight is 338 g/mol. The van der Waals surface area contributed by atoms with Gasteiger partial charge in [-0.2, -0.15) is 8.42 Å². The first-order chi connectivity index (χ1) is 10.8. The van der Waals surface area contributed by atoms with Crippen LogP contribution in [0.1, 0.15) is 20.7 Å². The van der Waals surface area contributed by atoms with Crippen LogP contribution in [0.4, 0.5) is 0 Å². The lowest BCUT2D eigenvalue weighted by Crippen LogP contribution is -2.15. The van der Waals surface area contributed by atoms with Crippen LogP contribution in [0.15, 0.2) is 48.5 Å². The minimum absolute atomic E-state index is 0.242. The fraction of sp³-hybridized carbons (Fsp3) is 0. The second kappa shape index (κ2) is 6.46. The summed E-state index contributed by atoms with van der Waals surface area (Å²) in [5.74, 6) is -3.23. The molecule has 0 saturated carbocycles. The highest BCUT2D eigenvalue weighted by Crippen LogP contribution is 2.22. The lowest BCUT2D eigenvalue weighted by molar-refractivity contribution is 0.0395. The predicted molar refractivity (Wildman–Crippen MR) is 76.5 cm³/mol. The molecule has 0 unspecified atom stereocenters. The smallest absolute Gasteiger partial charge is 0.446 e. The van der Waals surface area contributed by atoms with Gasteiger partial charge < -0.3 is 14.0 Å². The highest BCUT2D eigenvalue weighted by molar-refractivity contribution is 7.81. The summed E-state index contributed by atoms with van der Waals surface area (Å²) < 4.78 is 39.0. The number of carbonyl (C=O) groups excluding carboxylic acids is 2. The fourth-order valence-corrected chi connectivity index (χ4v) is 2.03. The zero-order valence-corrected chi connectivity index (χ0v) is 12.2. The predicted octanol–water partition coefficient (Wildman–Crippen LogP) is 1.57. The molecule has 2 N–H and O–H groups in total. The molecule has 2 rings (SSSR count). The molecule has 0 spiro atoms. The summed E-state index contributed by atoms with van der Waals surface area (Å²) in [4.78, 5) is 23.8. The Hall–Kier alpha value is -2.91. The first-order valence-corrected chi connectivity index (χ1v) is 7.45. The molecule has 0 aliphatic heterocycles. The minimum Gasteiger partial charge on any atom is -0.507 e. The Balaban J connectivity index is 2.25. The zero-order valence-electron chi connectivity index (χ0n) is 11.4. The molecule has 2 aromatic carbocycles. The maximum atomic E-state index is 12.0. The second-order valence-electron chi connectivity index (χ2n) is 4.20. The van der Waals surface area contributed by atoms with Crippen LogP contribution in [0.3, 0.4) is 0 Å². The van der Waals surface area contributed by atoms with Crippen LogP contribution >= 0.6 is 0 Å². The van der Waals surface area contributed by atoms with E-state index in [9.17, 15) is 23.1 Å². The SMILES string of the molecule is O=C(OC(=O)c1ccccc1OS(=O)(=O)O)c1ccccc1O. The number of benzene rings is 2. The number of hydrogen-bond donors (Lipinski definition) is 2.